The molecule has 0 fully saturated rings. The van der Waals surface area contributed by atoms with Crippen molar-refractivity contribution in [1.82, 2.24) is 0 Å². The molecule has 2 aromatic carbocycles. The van der Waals surface area contributed by atoms with E-state index in [0.29, 0.717) is 0 Å². The molecular formula is C22H19AlO11. The first kappa shape index (κ1) is 30.2. The third-order valence-corrected chi connectivity index (χ3v) is 3.72. The Kier molecular flexibility index (Phi) is 12.7. The molecule has 0 bridgehead atoms. The number of carbonyl (C=O) groups excluding carboxylic acids is 6. The normalized spacial score (nSPS) is 9.26. The summed E-state index contributed by atoms with van der Waals surface area (Å²) in [5, 5.41) is 21.5. The van der Waals surface area contributed by atoms with Crippen LogP contribution in [-0.4, -0.2) is 56.2 Å². The van der Waals surface area contributed by atoms with Gasteiger partial charge in [-0.05, 0) is 38.1 Å². The van der Waals surface area contributed by atoms with E-state index in [1.165, 1.54) is 66.9 Å². The second kappa shape index (κ2) is 14.3. The summed E-state index contributed by atoms with van der Waals surface area (Å²) in [5.74, 6) is -5.70. The number of ether oxygens (including phenoxy) is 2. The first-order valence-corrected chi connectivity index (χ1v) is 9.71. The van der Waals surface area contributed by atoms with Crippen molar-refractivity contribution in [2.75, 3.05) is 0 Å². The van der Waals surface area contributed by atoms with Gasteiger partial charge in [-0.3, -0.25) is 19.2 Å². The summed E-state index contributed by atoms with van der Waals surface area (Å²) in [6.45, 7) is 4.74. The van der Waals surface area contributed by atoms with Gasteiger partial charge >= 0.3 is 32.7 Å². The fraction of sp³-hybridized carbons (Fsp3) is 0.182. The molecule has 0 aliphatic carbocycles. The standard InChI is InChI=1S/2C11H10O5.Al.H2O/c2*1-6(12)8-4-3-5-9(11(14)15)10(8)16-7(2)13;;/h2*3-5H,1-2H3,(H,14,15);;1H2/q;;+3;/p-3. The zero-order valence-electron chi connectivity index (χ0n) is 18.6. The van der Waals surface area contributed by atoms with Gasteiger partial charge in [-0.1, -0.05) is 12.1 Å². The fourth-order valence-electron chi connectivity index (χ4n) is 2.46. The number of esters is 2. The molecule has 0 spiro atoms. The van der Waals surface area contributed by atoms with Gasteiger partial charge in [-0.15, -0.1) is 0 Å². The summed E-state index contributed by atoms with van der Waals surface area (Å²) in [6.07, 6.45) is 0. The van der Waals surface area contributed by atoms with E-state index in [4.69, 9.17) is 13.6 Å². The number of aromatic carboxylic acids is 2. The third kappa shape index (κ3) is 8.95. The molecule has 0 heterocycles. The van der Waals surface area contributed by atoms with Crippen molar-refractivity contribution in [3.05, 3.63) is 58.7 Å². The van der Waals surface area contributed by atoms with Crippen LogP contribution in [0.3, 0.4) is 0 Å². The molecule has 11 nitrogen and oxygen atoms in total. The van der Waals surface area contributed by atoms with Crippen LogP contribution < -0.4 is 19.7 Å². The average molecular weight is 486 g/mol. The van der Waals surface area contributed by atoms with E-state index in [2.05, 4.69) is 0 Å². The number of rotatable bonds is 6. The Morgan fingerprint density at radius 2 is 0.882 bits per heavy atom. The molecule has 0 radical (unpaired) electrons. The molecule has 1 N–H and O–H groups in total. The Bertz CT molecular complexity index is 954. The van der Waals surface area contributed by atoms with E-state index in [9.17, 15) is 39.0 Å². The molecule has 0 atom stereocenters. The topological polar surface area (TPSA) is 187 Å². The van der Waals surface area contributed by atoms with Crippen LogP contribution in [0, 0.1) is 0 Å². The Morgan fingerprint density at radius 1 is 0.618 bits per heavy atom. The van der Waals surface area contributed by atoms with E-state index in [1.807, 2.05) is 0 Å². The average Bonchev–Trinajstić information content (AvgIpc) is 2.74. The third-order valence-electron chi connectivity index (χ3n) is 3.72. The van der Waals surface area contributed by atoms with Crippen molar-refractivity contribution in [3.8, 4) is 11.5 Å². The Labute approximate surface area is 202 Å². The number of ketones is 2. The molecule has 0 unspecified atom stereocenters. The van der Waals surface area contributed by atoms with Gasteiger partial charge < -0.3 is 29.3 Å². The number of carboxylic acid groups (broad SMARTS) is 2. The van der Waals surface area contributed by atoms with Gasteiger partial charge in [0.25, 0.3) is 0 Å². The van der Waals surface area contributed by atoms with Gasteiger partial charge in [-0.25, -0.2) is 0 Å². The minimum atomic E-state index is -1.50. The van der Waals surface area contributed by atoms with Crippen LogP contribution in [0.2, 0.25) is 0 Å². The molecule has 2 rings (SSSR count). The monoisotopic (exact) mass is 486 g/mol. The summed E-state index contributed by atoms with van der Waals surface area (Å²) in [7, 11) is 0. The van der Waals surface area contributed by atoms with E-state index < -0.39 is 23.9 Å². The Hall–Kier alpha value is -3.85. The summed E-state index contributed by atoms with van der Waals surface area (Å²) < 4.78 is 16.4. The van der Waals surface area contributed by atoms with Crippen LogP contribution in [0.4, 0.5) is 0 Å². The molecule has 34 heavy (non-hydrogen) atoms. The number of para-hydroxylation sites is 2. The molecule has 2 aromatic rings. The predicted molar refractivity (Wildman–Crippen MR) is 112 cm³/mol. The van der Waals surface area contributed by atoms with Crippen LogP contribution in [0.5, 0.6) is 11.5 Å². The van der Waals surface area contributed by atoms with E-state index in [0.717, 1.165) is 13.8 Å². The van der Waals surface area contributed by atoms with Crippen LogP contribution >= 0.6 is 0 Å². The zero-order valence-corrected chi connectivity index (χ0v) is 19.7. The molecule has 0 amide bonds. The van der Waals surface area contributed by atoms with Gasteiger partial charge in [0.1, 0.15) is 0 Å². The molecule has 12 heteroatoms. The van der Waals surface area contributed by atoms with Crippen molar-refractivity contribution < 1.29 is 52.6 Å². The molecule has 0 saturated heterocycles. The van der Waals surface area contributed by atoms with Crippen LogP contribution in [0.1, 0.15) is 69.1 Å². The van der Waals surface area contributed by atoms with E-state index in [-0.39, 0.29) is 45.3 Å². The number of hydrogen-bond acceptors (Lipinski definition) is 11. The van der Waals surface area contributed by atoms with Crippen LogP contribution in [0.15, 0.2) is 36.4 Å². The van der Waals surface area contributed by atoms with E-state index in [1.54, 1.807) is 0 Å². The summed E-state index contributed by atoms with van der Waals surface area (Å²) >= 11 is 1.42. The molecule has 176 valence electrons. The van der Waals surface area contributed by atoms with Crippen molar-refractivity contribution in [2.45, 2.75) is 27.7 Å². The van der Waals surface area contributed by atoms with Gasteiger partial charge in [0.05, 0.1) is 23.1 Å². The molecule has 0 aliphatic rings. The van der Waals surface area contributed by atoms with Gasteiger partial charge in [-0.2, -0.15) is 0 Å². The number of hydrogen-bond donors (Lipinski definition) is 1. The van der Waals surface area contributed by atoms with Crippen LogP contribution in [0.25, 0.3) is 0 Å². The van der Waals surface area contributed by atoms with Crippen molar-refractivity contribution in [2.24, 2.45) is 0 Å². The van der Waals surface area contributed by atoms with Gasteiger partial charge in [0.15, 0.2) is 23.1 Å². The van der Waals surface area contributed by atoms with E-state index >= 15 is 0 Å². The summed E-state index contributed by atoms with van der Waals surface area (Å²) in [4.78, 5) is 65.6. The number of Topliss-reactive ketones (excluding diaryl/α,β-unsaturated/α-hetero) is 2. The van der Waals surface area contributed by atoms with Crippen molar-refractivity contribution >= 4 is 52.1 Å². The molecule has 0 aliphatic heterocycles. The van der Waals surface area contributed by atoms with Crippen LogP contribution in [-0.2, 0) is 9.59 Å². The quantitative estimate of drug-likeness (QED) is 0.238. The Morgan fingerprint density at radius 3 is 1.09 bits per heavy atom. The zero-order chi connectivity index (χ0) is 26.6. The fourth-order valence-corrected chi connectivity index (χ4v) is 2.46. The second-order valence-corrected chi connectivity index (χ2v) is 6.24. The number of carboxylic acids is 2. The molecule has 0 aromatic heterocycles. The second-order valence-electron chi connectivity index (χ2n) is 6.24. The number of benzene rings is 2. The predicted octanol–water partition coefficient (Wildman–Crippen LogP) is -0.582. The first-order valence-electron chi connectivity index (χ1n) is 9.20. The maximum absolute atomic E-state index is 11.2. The molecular weight excluding hydrogens is 467 g/mol. The Balaban J connectivity index is 0.000000597. The summed E-state index contributed by atoms with van der Waals surface area (Å²) in [5.41, 5.74) is -0.556. The summed E-state index contributed by atoms with van der Waals surface area (Å²) in [6, 6.07) is 7.95. The van der Waals surface area contributed by atoms with Gasteiger partial charge in [0, 0.05) is 25.0 Å². The van der Waals surface area contributed by atoms with Crippen molar-refractivity contribution in [1.29, 1.82) is 0 Å². The maximum atomic E-state index is 11.2. The SMILES string of the molecule is CC(=O)Oc1c(C(C)=O)cccc1C(=O)[O-].CC(=O)Oc1c(C(C)=O)cccc1C(=O)[O-].[OH][Al+2]. The van der Waals surface area contributed by atoms with Gasteiger partial charge in [0.2, 0.25) is 0 Å². The molecule has 0 saturated carbocycles. The first-order chi connectivity index (χ1) is 15.9. The number of carbonyl (C=O) groups is 6. The minimum absolute atomic E-state index is 0.0388. The van der Waals surface area contributed by atoms with Crippen molar-refractivity contribution in [3.63, 3.8) is 0 Å².